The minimum atomic E-state index is 0.0284. The van der Waals surface area contributed by atoms with Gasteiger partial charge in [0.25, 0.3) is 6.02 Å². The van der Waals surface area contributed by atoms with E-state index in [9.17, 15) is 0 Å². The van der Waals surface area contributed by atoms with Crippen molar-refractivity contribution in [2.45, 2.75) is 18.4 Å². The lowest BCUT2D eigenvalue weighted by Crippen LogP contribution is -2.58. The molecule has 4 nitrogen and oxygen atoms in total. The van der Waals surface area contributed by atoms with Crippen molar-refractivity contribution < 1.29 is 4.74 Å². The number of fused-ring (bicyclic) bond motifs is 2. The predicted octanol–water partition coefficient (Wildman–Crippen LogP) is -0.204. The van der Waals surface area contributed by atoms with Crippen molar-refractivity contribution in [3.05, 3.63) is 0 Å². The van der Waals surface area contributed by atoms with Crippen molar-refractivity contribution in [1.82, 2.24) is 4.90 Å². The van der Waals surface area contributed by atoms with Gasteiger partial charge in [-0.3, -0.25) is 0 Å². The maximum Gasteiger partial charge on any atom is 0.282 e. The van der Waals surface area contributed by atoms with Gasteiger partial charge in [0.2, 0.25) is 0 Å². The summed E-state index contributed by atoms with van der Waals surface area (Å²) < 4.78 is 5.30. The highest BCUT2D eigenvalue weighted by Crippen LogP contribution is 2.40. The van der Waals surface area contributed by atoms with Gasteiger partial charge in [-0.2, -0.15) is 0 Å². The Morgan fingerprint density at radius 1 is 1.46 bits per heavy atom. The fourth-order valence-electron chi connectivity index (χ4n) is 2.92. The minimum Gasteiger partial charge on any atom is -0.463 e. The van der Waals surface area contributed by atoms with E-state index in [-0.39, 0.29) is 5.54 Å². The number of hydrogen-bond donors (Lipinski definition) is 1. The maximum absolute atomic E-state index is 5.58. The lowest BCUT2D eigenvalue weighted by molar-refractivity contribution is 0.0166. The number of aliphatic imine (C=N–C) groups is 1. The molecule has 1 atom stereocenters. The van der Waals surface area contributed by atoms with Gasteiger partial charge < -0.3 is 15.4 Å². The summed E-state index contributed by atoms with van der Waals surface area (Å²) in [7, 11) is 0. The third kappa shape index (κ3) is 0.981. The molecule has 4 heteroatoms. The van der Waals surface area contributed by atoms with Gasteiger partial charge in [0.1, 0.15) is 12.1 Å². The van der Waals surface area contributed by atoms with Crippen LogP contribution in [0.4, 0.5) is 0 Å². The summed E-state index contributed by atoms with van der Waals surface area (Å²) in [5.41, 5.74) is 5.61. The molecule has 1 unspecified atom stereocenters. The van der Waals surface area contributed by atoms with Crippen molar-refractivity contribution in [2.24, 2.45) is 16.6 Å². The molecule has 3 saturated heterocycles. The first-order chi connectivity index (χ1) is 6.28. The van der Waals surface area contributed by atoms with Gasteiger partial charge in [-0.05, 0) is 31.8 Å². The zero-order chi connectivity index (χ0) is 8.89. The van der Waals surface area contributed by atoms with Crippen molar-refractivity contribution >= 4 is 6.02 Å². The number of hydrogen-bond acceptors (Lipinski definition) is 4. The van der Waals surface area contributed by atoms with Crippen LogP contribution >= 0.6 is 0 Å². The summed E-state index contributed by atoms with van der Waals surface area (Å²) in [5, 5.41) is 0. The molecule has 2 bridgehead atoms. The molecule has 4 aliphatic rings. The van der Waals surface area contributed by atoms with E-state index < -0.39 is 0 Å². The van der Waals surface area contributed by atoms with Crippen molar-refractivity contribution in [3.8, 4) is 0 Å². The van der Waals surface area contributed by atoms with Crippen LogP contribution in [-0.2, 0) is 4.74 Å². The molecule has 4 rings (SSSR count). The highest BCUT2D eigenvalue weighted by Gasteiger charge is 2.50. The maximum atomic E-state index is 5.58. The molecule has 0 aromatic carbocycles. The Morgan fingerprint density at radius 3 is 2.69 bits per heavy atom. The van der Waals surface area contributed by atoms with Gasteiger partial charge in [0, 0.05) is 6.54 Å². The van der Waals surface area contributed by atoms with Crippen LogP contribution < -0.4 is 5.73 Å². The Balaban J connectivity index is 1.92. The first-order valence-corrected chi connectivity index (χ1v) is 4.99. The molecule has 13 heavy (non-hydrogen) atoms. The van der Waals surface area contributed by atoms with E-state index in [4.69, 9.17) is 10.5 Å². The average molecular weight is 181 g/mol. The van der Waals surface area contributed by atoms with Crippen LogP contribution in [0.3, 0.4) is 0 Å². The molecule has 3 fully saturated rings. The van der Waals surface area contributed by atoms with Crippen molar-refractivity contribution in [1.29, 1.82) is 0 Å². The van der Waals surface area contributed by atoms with Gasteiger partial charge in [0.15, 0.2) is 0 Å². The molecule has 0 saturated carbocycles. The molecule has 4 heterocycles. The van der Waals surface area contributed by atoms with Crippen molar-refractivity contribution in [3.63, 3.8) is 0 Å². The molecule has 0 amide bonds. The van der Waals surface area contributed by atoms with Gasteiger partial charge in [-0.15, -0.1) is 0 Å². The van der Waals surface area contributed by atoms with Gasteiger partial charge in [-0.1, -0.05) is 0 Å². The highest BCUT2D eigenvalue weighted by molar-refractivity contribution is 5.74. The quantitative estimate of drug-likeness (QED) is 0.563. The van der Waals surface area contributed by atoms with E-state index in [1.165, 1.54) is 25.9 Å². The third-order valence-corrected chi connectivity index (χ3v) is 3.65. The molecule has 2 N–H and O–H groups in total. The van der Waals surface area contributed by atoms with Crippen LogP contribution in [0, 0.1) is 5.92 Å². The van der Waals surface area contributed by atoms with Crippen LogP contribution in [0.2, 0.25) is 0 Å². The molecule has 72 valence electrons. The largest absolute Gasteiger partial charge is 0.463 e. The molecule has 4 aliphatic heterocycles. The summed E-state index contributed by atoms with van der Waals surface area (Å²) >= 11 is 0. The van der Waals surface area contributed by atoms with Crippen LogP contribution in [-0.4, -0.2) is 42.7 Å². The molecule has 0 aromatic heterocycles. The molecule has 0 aromatic rings. The van der Waals surface area contributed by atoms with E-state index in [1.807, 2.05) is 0 Å². The molecular formula is C9H15N3O. The number of ether oxygens (including phenoxy) is 1. The smallest absolute Gasteiger partial charge is 0.282 e. The highest BCUT2D eigenvalue weighted by atomic mass is 16.5. The number of amidine groups is 1. The Hall–Kier alpha value is -0.770. The summed E-state index contributed by atoms with van der Waals surface area (Å²) in [6.45, 7) is 4.24. The first-order valence-electron chi connectivity index (χ1n) is 4.99. The Kier molecular flexibility index (Phi) is 1.39. The normalized spacial score (nSPS) is 47.8. The zero-order valence-electron chi connectivity index (χ0n) is 7.70. The second kappa shape index (κ2) is 2.38. The number of nitrogens with two attached hydrogens (primary N) is 1. The topological polar surface area (TPSA) is 50.9 Å². The average Bonchev–Trinajstić information content (AvgIpc) is 2.49. The summed E-state index contributed by atoms with van der Waals surface area (Å²) in [6, 6.07) is 0.397. The van der Waals surface area contributed by atoms with Gasteiger partial charge in [0.05, 0.1) is 0 Å². The molecule has 1 spiro atoms. The van der Waals surface area contributed by atoms with Gasteiger partial charge >= 0.3 is 0 Å². The molecule has 0 aliphatic carbocycles. The standard InChI is InChI=1S/C9H15N3O/c10-8-11-9(6-13-8)5-12-3-1-7(9)2-4-12/h7H,1-6H2,(H2,10,11). The first kappa shape index (κ1) is 7.62. The number of rotatable bonds is 0. The Labute approximate surface area is 77.7 Å². The van der Waals surface area contributed by atoms with Crippen molar-refractivity contribution in [2.75, 3.05) is 26.2 Å². The predicted molar refractivity (Wildman–Crippen MR) is 49.5 cm³/mol. The molecular weight excluding hydrogens is 166 g/mol. The van der Waals surface area contributed by atoms with E-state index in [1.54, 1.807) is 0 Å². The third-order valence-electron chi connectivity index (χ3n) is 3.65. The second-order valence-electron chi connectivity index (χ2n) is 4.39. The summed E-state index contributed by atoms with van der Waals surface area (Å²) in [4.78, 5) is 6.97. The van der Waals surface area contributed by atoms with E-state index in [0.29, 0.717) is 18.5 Å². The van der Waals surface area contributed by atoms with Gasteiger partial charge in [-0.25, -0.2) is 4.99 Å². The second-order valence-corrected chi connectivity index (χ2v) is 4.39. The van der Waals surface area contributed by atoms with Crippen LogP contribution in [0.15, 0.2) is 4.99 Å². The summed E-state index contributed by atoms with van der Waals surface area (Å²) in [6.07, 6.45) is 2.53. The molecule has 0 radical (unpaired) electrons. The zero-order valence-corrected chi connectivity index (χ0v) is 7.70. The number of piperidine rings is 3. The van der Waals surface area contributed by atoms with E-state index in [0.717, 1.165) is 6.54 Å². The Bertz CT molecular complexity index is 258. The van der Waals surface area contributed by atoms with Crippen LogP contribution in [0.25, 0.3) is 0 Å². The van der Waals surface area contributed by atoms with Crippen LogP contribution in [0.5, 0.6) is 0 Å². The monoisotopic (exact) mass is 181 g/mol. The fraction of sp³-hybridized carbons (Fsp3) is 0.889. The lowest BCUT2D eigenvalue weighted by atomic mass is 9.74. The van der Waals surface area contributed by atoms with Crippen LogP contribution in [0.1, 0.15) is 12.8 Å². The fourth-order valence-corrected chi connectivity index (χ4v) is 2.92. The SMILES string of the molecule is NC1=NC2(CO1)CN1CCC2CC1. The minimum absolute atomic E-state index is 0.0284. The van der Waals surface area contributed by atoms with E-state index in [2.05, 4.69) is 9.89 Å². The Morgan fingerprint density at radius 2 is 2.23 bits per heavy atom. The summed E-state index contributed by atoms with van der Waals surface area (Å²) in [5.74, 6) is 0.707. The van der Waals surface area contributed by atoms with E-state index >= 15 is 0 Å². The number of nitrogens with zero attached hydrogens (tertiary/aromatic N) is 2. The lowest BCUT2D eigenvalue weighted by Gasteiger charge is -2.48.